The van der Waals surface area contributed by atoms with Crippen LogP contribution < -0.4 is 0 Å². The number of hydrogen-bond acceptors (Lipinski definition) is 4. The van der Waals surface area contributed by atoms with Crippen molar-refractivity contribution in [3.63, 3.8) is 0 Å². The largest absolute Gasteiger partial charge is 0.305 e. The van der Waals surface area contributed by atoms with Gasteiger partial charge < -0.3 is 14.2 Å². The van der Waals surface area contributed by atoms with Crippen LogP contribution in [-0.2, 0) is 6.42 Å². The second-order valence-electron chi connectivity index (χ2n) is 9.00. The van der Waals surface area contributed by atoms with E-state index in [1.54, 1.807) is 0 Å². The first-order chi connectivity index (χ1) is 16.6. The fourth-order valence-electron chi connectivity index (χ4n) is 4.67. The maximum atomic E-state index is 9.21. The summed E-state index contributed by atoms with van der Waals surface area (Å²) in [5.41, 5.74) is 7.08. The van der Waals surface area contributed by atoms with E-state index in [2.05, 4.69) is 57.8 Å². The van der Waals surface area contributed by atoms with Crippen molar-refractivity contribution in [1.29, 1.82) is 5.26 Å². The number of pyridine rings is 1. The fraction of sp³-hybridized carbons (Fsp3) is 0.286. The minimum atomic E-state index is 0.660. The summed E-state index contributed by atoms with van der Waals surface area (Å²) in [6.45, 7) is 5.48. The highest BCUT2D eigenvalue weighted by atomic mass is 35.5. The van der Waals surface area contributed by atoms with Crippen molar-refractivity contribution in [2.24, 2.45) is 0 Å². The van der Waals surface area contributed by atoms with Crippen LogP contribution >= 0.6 is 11.6 Å². The van der Waals surface area contributed by atoms with Crippen LogP contribution in [0.1, 0.15) is 17.7 Å². The van der Waals surface area contributed by atoms with E-state index in [1.165, 1.54) is 12.1 Å². The first kappa shape index (κ1) is 22.6. The Kier molecular flexibility index (Phi) is 6.64. The molecule has 0 unspecified atom stereocenters. The van der Waals surface area contributed by atoms with Gasteiger partial charge in [0.25, 0.3) is 0 Å². The second-order valence-corrected chi connectivity index (χ2v) is 9.43. The lowest BCUT2D eigenvalue weighted by atomic mass is 10.1. The third kappa shape index (κ3) is 4.85. The molecule has 2 aromatic carbocycles. The standard InChI is InChI=1S/C28H28ClN5/c1-32-14-2-15-33(18-17-32)16-13-26-28(23-5-3-21(19-30)4-6-23)31-27-12-9-24(20-34(26)27)22-7-10-25(29)11-8-22/h3-12,20H,2,13-18H2,1H3. The number of rotatable bonds is 5. The molecule has 1 aliphatic heterocycles. The summed E-state index contributed by atoms with van der Waals surface area (Å²) < 4.78 is 2.24. The van der Waals surface area contributed by atoms with Gasteiger partial charge in [0.05, 0.1) is 23.0 Å². The summed E-state index contributed by atoms with van der Waals surface area (Å²) in [5.74, 6) is 0. The van der Waals surface area contributed by atoms with Gasteiger partial charge >= 0.3 is 0 Å². The van der Waals surface area contributed by atoms with Gasteiger partial charge in [0.1, 0.15) is 5.65 Å². The molecule has 0 saturated carbocycles. The molecule has 0 N–H and O–H groups in total. The van der Waals surface area contributed by atoms with Crippen molar-refractivity contribution in [1.82, 2.24) is 19.2 Å². The van der Waals surface area contributed by atoms with Gasteiger partial charge in [-0.2, -0.15) is 5.26 Å². The second kappa shape index (κ2) is 9.99. The summed E-state index contributed by atoms with van der Waals surface area (Å²) in [4.78, 5) is 9.99. The molecule has 1 aliphatic rings. The molecular weight excluding hydrogens is 442 g/mol. The molecule has 0 radical (unpaired) electrons. The highest BCUT2D eigenvalue weighted by Crippen LogP contribution is 2.29. The van der Waals surface area contributed by atoms with Crippen LogP contribution in [0, 0.1) is 11.3 Å². The third-order valence-corrected chi connectivity index (χ3v) is 6.91. The quantitative estimate of drug-likeness (QED) is 0.394. The summed E-state index contributed by atoms with van der Waals surface area (Å²) >= 11 is 6.10. The van der Waals surface area contributed by atoms with Crippen LogP contribution in [0.5, 0.6) is 0 Å². The SMILES string of the molecule is CN1CCCN(CCc2c(-c3ccc(C#N)cc3)nc3ccc(-c4ccc(Cl)cc4)cn23)CC1. The summed E-state index contributed by atoms with van der Waals surface area (Å²) in [5, 5.41) is 9.94. The van der Waals surface area contributed by atoms with Crippen LogP contribution in [0.3, 0.4) is 0 Å². The number of halogens is 1. The molecule has 2 aromatic heterocycles. The van der Waals surface area contributed by atoms with Crippen molar-refractivity contribution in [3.05, 3.63) is 83.1 Å². The first-order valence-electron chi connectivity index (χ1n) is 11.8. The molecule has 0 bridgehead atoms. The average Bonchev–Trinajstić information content (AvgIpc) is 3.10. The maximum Gasteiger partial charge on any atom is 0.137 e. The van der Waals surface area contributed by atoms with Gasteiger partial charge in [0, 0.05) is 42.8 Å². The summed E-state index contributed by atoms with van der Waals surface area (Å²) in [6.07, 6.45) is 4.29. The number of nitrogens with zero attached hydrogens (tertiary/aromatic N) is 5. The zero-order chi connectivity index (χ0) is 23.5. The molecule has 34 heavy (non-hydrogen) atoms. The van der Waals surface area contributed by atoms with Gasteiger partial charge in [-0.05, 0) is 74.1 Å². The van der Waals surface area contributed by atoms with E-state index in [0.29, 0.717) is 5.56 Å². The number of hydrogen-bond donors (Lipinski definition) is 0. The van der Waals surface area contributed by atoms with Gasteiger partial charge in [-0.1, -0.05) is 35.9 Å². The molecule has 0 amide bonds. The maximum absolute atomic E-state index is 9.21. The van der Waals surface area contributed by atoms with Gasteiger partial charge in [-0.3, -0.25) is 0 Å². The average molecular weight is 470 g/mol. The Morgan fingerprint density at radius 3 is 2.38 bits per heavy atom. The van der Waals surface area contributed by atoms with Crippen molar-refractivity contribution < 1.29 is 0 Å². The van der Waals surface area contributed by atoms with Gasteiger partial charge in [-0.25, -0.2) is 4.98 Å². The van der Waals surface area contributed by atoms with E-state index in [4.69, 9.17) is 16.6 Å². The molecule has 1 saturated heterocycles. The van der Waals surface area contributed by atoms with Gasteiger partial charge in [0.2, 0.25) is 0 Å². The van der Waals surface area contributed by atoms with Crippen molar-refractivity contribution in [2.75, 3.05) is 39.8 Å². The minimum Gasteiger partial charge on any atom is -0.305 e. The lowest BCUT2D eigenvalue weighted by molar-refractivity contribution is 0.278. The van der Waals surface area contributed by atoms with Crippen molar-refractivity contribution >= 4 is 17.2 Å². The highest BCUT2D eigenvalue weighted by Gasteiger charge is 2.18. The molecular formula is C28H28ClN5. The van der Waals surface area contributed by atoms with Gasteiger partial charge in [0.15, 0.2) is 0 Å². The van der Waals surface area contributed by atoms with Crippen molar-refractivity contribution in [2.45, 2.75) is 12.8 Å². The van der Waals surface area contributed by atoms with Crippen LogP contribution in [-0.4, -0.2) is 59.0 Å². The molecule has 0 spiro atoms. The molecule has 6 heteroatoms. The molecule has 4 aromatic rings. The smallest absolute Gasteiger partial charge is 0.137 e. The molecule has 1 fully saturated rings. The van der Waals surface area contributed by atoms with Crippen molar-refractivity contribution in [3.8, 4) is 28.5 Å². The molecule has 0 aliphatic carbocycles. The fourth-order valence-corrected chi connectivity index (χ4v) is 4.79. The lowest BCUT2D eigenvalue weighted by Crippen LogP contribution is -2.30. The Morgan fingerprint density at radius 2 is 1.62 bits per heavy atom. The van der Waals surface area contributed by atoms with Gasteiger partial charge in [-0.15, -0.1) is 0 Å². The minimum absolute atomic E-state index is 0.660. The molecule has 172 valence electrons. The Hall–Kier alpha value is -3.17. The Bertz CT molecular complexity index is 1320. The first-order valence-corrected chi connectivity index (χ1v) is 12.2. The molecule has 5 rings (SSSR count). The van der Waals surface area contributed by atoms with Crippen LogP contribution in [0.4, 0.5) is 0 Å². The molecule has 0 atom stereocenters. The number of likely N-dealkylation sites (N-methyl/N-ethyl adjacent to an activating group) is 1. The van der Waals surface area contributed by atoms with E-state index in [-0.39, 0.29) is 0 Å². The van der Waals surface area contributed by atoms with Crippen LogP contribution in [0.15, 0.2) is 66.9 Å². The zero-order valence-electron chi connectivity index (χ0n) is 19.4. The highest BCUT2D eigenvalue weighted by molar-refractivity contribution is 6.30. The molecule has 5 nitrogen and oxygen atoms in total. The zero-order valence-corrected chi connectivity index (χ0v) is 20.2. The van der Waals surface area contributed by atoms with E-state index in [1.807, 2.05) is 36.4 Å². The number of fused-ring (bicyclic) bond motifs is 1. The van der Waals surface area contributed by atoms with E-state index in [9.17, 15) is 5.26 Å². The number of nitriles is 1. The van der Waals surface area contributed by atoms with E-state index < -0.39 is 0 Å². The Balaban J connectivity index is 1.53. The van der Waals surface area contributed by atoms with E-state index in [0.717, 1.165) is 72.2 Å². The number of imidazole rings is 1. The predicted molar refractivity (Wildman–Crippen MR) is 138 cm³/mol. The lowest BCUT2D eigenvalue weighted by Gasteiger charge is -2.20. The number of benzene rings is 2. The normalized spacial score (nSPS) is 15.3. The predicted octanol–water partition coefficient (Wildman–Crippen LogP) is 5.37. The third-order valence-electron chi connectivity index (χ3n) is 6.66. The Morgan fingerprint density at radius 1 is 0.882 bits per heavy atom. The van der Waals surface area contributed by atoms with E-state index >= 15 is 0 Å². The summed E-state index contributed by atoms with van der Waals surface area (Å²) in [6, 6.07) is 22.1. The molecule has 3 heterocycles. The van der Waals surface area contributed by atoms with Crippen LogP contribution in [0.2, 0.25) is 5.02 Å². The monoisotopic (exact) mass is 469 g/mol. The topological polar surface area (TPSA) is 47.6 Å². The summed E-state index contributed by atoms with van der Waals surface area (Å²) in [7, 11) is 2.20. The van der Waals surface area contributed by atoms with Crippen LogP contribution in [0.25, 0.3) is 28.0 Å². The number of aromatic nitrogens is 2. The Labute approximate surface area is 205 Å².